The molecular formula is C13H25NO. The molecule has 4 atom stereocenters. The lowest BCUT2D eigenvalue weighted by atomic mass is 9.79. The topological polar surface area (TPSA) is 21.3 Å². The van der Waals surface area contributed by atoms with Gasteiger partial charge in [0.25, 0.3) is 0 Å². The zero-order valence-corrected chi connectivity index (χ0v) is 10.2. The maximum absolute atomic E-state index is 5.51. The highest BCUT2D eigenvalue weighted by Crippen LogP contribution is 2.29. The Labute approximate surface area is 93.8 Å². The van der Waals surface area contributed by atoms with Crippen molar-refractivity contribution in [1.29, 1.82) is 0 Å². The second-order valence-corrected chi connectivity index (χ2v) is 5.55. The molecule has 1 heterocycles. The van der Waals surface area contributed by atoms with Crippen LogP contribution in [0.3, 0.4) is 0 Å². The number of nitrogens with one attached hydrogen (secondary N) is 1. The molecule has 0 spiro atoms. The van der Waals surface area contributed by atoms with Crippen molar-refractivity contribution in [2.75, 3.05) is 13.2 Å². The van der Waals surface area contributed by atoms with Crippen molar-refractivity contribution in [1.82, 2.24) is 5.32 Å². The SMILES string of the molecule is CC1CCC(NC2CCCOC2)CC1C. The molecule has 2 aliphatic rings. The second kappa shape index (κ2) is 5.31. The molecule has 0 aromatic carbocycles. The third-order valence-electron chi connectivity index (χ3n) is 4.23. The molecule has 2 nitrogen and oxygen atoms in total. The van der Waals surface area contributed by atoms with E-state index in [1.54, 1.807) is 0 Å². The molecule has 2 heteroatoms. The van der Waals surface area contributed by atoms with E-state index in [9.17, 15) is 0 Å². The van der Waals surface area contributed by atoms with Crippen molar-refractivity contribution in [3.8, 4) is 0 Å². The minimum Gasteiger partial charge on any atom is -0.380 e. The Morgan fingerprint density at radius 3 is 2.53 bits per heavy atom. The van der Waals surface area contributed by atoms with E-state index in [4.69, 9.17) is 4.74 Å². The first-order chi connectivity index (χ1) is 7.25. The van der Waals surface area contributed by atoms with E-state index >= 15 is 0 Å². The zero-order chi connectivity index (χ0) is 10.7. The van der Waals surface area contributed by atoms with E-state index in [1.165, 1.54) is 32.1 Å². The average molecular weight is 211 g/mol. The van der Waals surface area contributed by atoms with Gasteiger partial charge in [-0.05, 0) is 43.9 Å². The summed E-state index contributed by atoms with van der Waals surface area (Å²) in [5.74, 6) is 1.81. The highest BCUT2D eigenvalue weighted by Gasteiger charge is 2.26. The van der Waals surface area contributed by atoms with Crippen LogP contribution in [0.2, 0.25) is 0 Å². The van der Waals surface area contributed by atoms with Crippen molar-refractivity contribution in [3.63, 3.8) is 0 Å². The molecule has 0 bridgehead atoms. The summed E-state index contributed by atoms with van der Waals surface area (Å²) < 4.78 is 5.51. The van der Waals surface area contributed by atoms with Gasteiger partial charge in [0.05, 0.1) is 6.61 Å². The molecule has 1 aliphatic carbocycles. The minimum absolute atomic E-state index is 0.629. The molecule has 15 heavy (non-hydrogen) atoms. The fraction of sp³-hybridized carbons (Fsp3) is 1.00. The van der Waals surface area contributed by atoms with E-state index in [2.05, 4.69) is 19.2 Å². The molecule has 4 unspecified atom stereocenters. The minimum atomic E-state index is 0.629. The smallest absolute Gasteiger partial charge is 0.0619 e. The summed E-state index contributed by atoms with van der Waals surface area (Å²) in [6, 6.07) is 1.38. The van der Waals surface area contributed by atoms with Gasteiger partial charge in [-0.2, -0.15) is 0 Å². The van der Waals surface area contributed by atoms with Crippen LogP contribution in [0.5, 0.6) is 0 Å². The van der Waals surface area contributed by atoms with Crippen LogP contribution < -0.4 is 5.32 Å². The lowest BCUT2D eigenvalue weighted by molar-refractivity contribution is 0.0609. The summed E-state index contributed by atoms with van der Waals surface area (Å²) in [7, 11) is 0. The average Bonchev–Trinajstić information content (AvgIpc) is 2.25. The molecule has 0 amide bonds. The molecule has 1 saturated carbocycles. The standard InChI is InChI=1S/C13H25NO/c1-10-5-6-12(8-11(10)2)14-13-4-3-7-15-9-13/h10-14H,3-9H2,1-2H3. The van der Waals surface area contributed by atoms with E-state index in [0.717, 1.165) is 31.1 Å². The highest BCUT2D eigenvalue weighted by molar-refractivity contribution is 4.83. The predicted molar refractivity (Wildman–Crippen MR) is 62.9 cm³/mol. The van der Waals surface area contributed by atoms with Gasteiger partial charge in [0.15, 0.2) is 0 Å². The third-order valence-corrected chi connectivity index (χ3v) is 4.23. The van der Waals surface area contributed by atoms with Crippen LogP contribution in [0, 0.1) is 11.8 Å². The molecular weight excluding hydrogens is 186 g/mol. The Morgan fingerprint density at radius 1 is 1.00 bits per heavy atom. The Kier molecular flexibility index (Phi) is 4.04. The van der Waals surface area contributed by atoms with E-state index in [-0.39, 0.29) is 0 Å². The first kappa shape index (κ1) is 11.4. The first-order valence-electron chi connectivity index (χ1n) is 6.59. The van der Waals surface area contributed by atoms with Gasteiger partial charge in [0.2, 0.25) is 0 Å². The number of ether oxygens (including phenoxy) is 1. The van der Waals surface area contributed by atoms with Gasteiger partial charge in [-0.25, -0.2) is 0 Å². The van der Waals surface area contributed by atoms with Crippen molar-refractivity contribution in [3.05, 3.63) is 0 Å². The lowest BCUT2D eigenvalue weighted by Crippen LogP contribution is -2.45. The fourth-order valence-electron chi connectivity index (χ4n) is 2.90. The van der Waals surface area contributed by atoms with Gasteiger partial charge >= 0.3 is 0 Å². The molecule has 1 aliphatic heterocycles. The fourth-order valence-corrected chi connectivity index (χ4v) is 2.90. The predicted octanol–water partition coefficient (Wildman–Crippen LogP) is 2.58. The molecule has 88 valence electrons. The van der Waals surface area contributed by atoms with Gasteiger partial charge in [-0.3, -0.25) is 0 Å². The van der Waals surface area contributed by atoms with Crippen molar-refractivity contribution >= 4 is 0 Å². The van der Waals surface area contributed by atoms with Crippen molar-refractivity contribution < 1.29 is 4.74 Å². The van der Waals surface area contributed by atoms with Crippen LogP contribution >= 0.6 is 0 Å². The molecule has 2 fully saturated rings. The van der Waals surface area contributed by atoms with E-state index < -0.39 is 0 Å². The van der Waals surface area contributed by atoms with Crippen LogP contribution in [0.1, 0.15) is 46.0 Å². The van der Waals surface area contributed by atoms with Crippen LogP contribution in [0.4, 0.5) is 0 Å². The van der Waals surface area contributed by atoms with E-state index in [1.807, 2.05) is 0 Å². The summed E-state index contributed by atoms with van der Waals surface area (Å²) >= 11 is 0. The first-order valence-corrected chi connectivity index (χ1v) is 6.59. The summed E-state index contributed by atoms with van der Waals surface area (Å²) in [5, 5.41) is 3.78. The lowest BCUT2D eigenvalue weighted by Gasteiger charge is -2.36. The van der Waals surface area contributed by atoms with Crippen LogP contribution in [0.25, 0.3) is 0 Å². The molecule has 0 aromatic heterocycles. The Bertz CT molecular complexity index is 189. The third kappa shape index (κ3) is 3.18. The maximum atomic E-state index is 5.51. The van der Waals surface area contributed by atoms with Crippen molar-refractivity contribution in [2.45, 2.75) is 58.0 Å². The Hall–Kier alpha value is -0.0800. The second-order valence-electron chi connectivity index (χ2n) is 5.55. The van der Waals surface area contributed by atoms with Gasteiger partial charge < -0.3 is 10.1 Å². The summed E-state index contributed by atoms with van der Waals surface area (Å²) in [4.78, 5) is 0. The number of hydrogen-bond donors (Lipinski definition) is 1. The number of hydrogen-bond acceptors (Lipinski definition) is 2. The summed E-state index contributed by atoms with van der Waals surface area (Å²) in [6.07, 6.45) is 6.66. The van der Waals surface area contributed by atoms with Gasteiger partial charge in [0.1, 0.15) is 0 Å². The summed E-state index contributed by atoms with van der Waals surface area (Å²) in [6.45, 7) is 6.69. The van der Waals surface area contributed by atoms with Crippen LogP contribution in [0.15, 0.2) is 0 Å². The molecule has 1 saturated heterocycles. The molecule has 2 rings (SSSR count). The number of rotatable bonds is 2. The highest BCUT2D eigenvalue weighted by atomic mass is 16.5. The van der Waals surface area contributed by atoms with Gasteiger partial charge in [0, 0.05) is 18.7 Å². The van der Waals surface area contributed by atoms with Gasteiger partial charge in [-0.1, -0.05) is 13.8 Å². The van der Waals surface area contributed by atoms with Crippen LogP contribution in [-0.2, 0) is 4.74 Å². The zero-order valence-electron chi connectivity index (χ0n) is 10.2. The monoisotopic (exact) mass is 211 g/mol. The Morgan fingerprint density at radius 2 is 1.87 bits per heavy atom. The van der Waals surface area contributed by atoms with E-state index in [0.29, 0.717) is 6.04 Å². The normalized spacial score (nSPS) is 42.8. The molecule has 1 N–H and O–H groups in total. The Balaban J connectivity index is 1.74. The van der Waals surface area contributed by atoms with Gasteiger partial charge in [-0.15, -0.1) is 0 Å². The van der Waals surface area contributed by atoms with Crippen LogP contribution in [-0.4, -0.2) is 25.3 Å². The molecule has 0 radical (unpaired) electrons. The van der Waals surface area contributed by atoms with Crippen molar-refractivity contribution in [2.24, 2.45) is 11.8 Å². The largest absolute Gasteiger partial charge is 0.380 e. The molecule has 0 aromatic rings. The quantitative estimate of drug-likeness (QED) is 0.758. The summed E-state index contributed by atoms with van der Waals surface area (Å²) in [5.41, 5.74) is 0. The maximum Gasteiger partial charge on any atom is 0.0619 e.